The Morgan fingerprint density at radius 1 is 1.18 bits per heavy atom. The molecule has 2 aromatic carbocycles. The predicted molar refractivity (Wildman–Crippen MR) is 145 cm³/mol. The Morgan fingerprint density at radius 3 is 2.62 bits per heavy atom. The highest BCUT2D eigenvalue weighted by atomic mass is 32.2. The molecule has 0 aliphatic carbocycles. The Kier molecular flexibility index (Phi) is 8.89. The van der Waals surface area contributed by atoms with E-state index < -0.39 is 57.0 Å². The van der Waals surface area contributed by atoms with E-state index in [0.717, 1.165) is 16.4 Å². The lowest BCUT2D eigenvalue weighted by Gasteiger charge is -2.23. The molecule has 1 saturated heterocycles. The van der Waals surface area contributed by atoms with Gasteiger partial charge in [0.25, 0.3) is 5.91 Å². The van der Waals surface area contributed by atoms with Crippen LogP contribution < -0.4 is 15.4 Å². The maximum Gasteiger partial charge on any atom is 0.287 e. The largest absolute Gasteiger partial charge is 0.497 e. The Morgan fingerprint density at radius 2 is 1.93 bits per heavy atom. The molecule has 2 atom stereocenters. The number of nitrogens with one attached hydrogen (secondary N) is 2. The normalized spacial score (nSPS) is 17.4. The van der Waals surface area contributed by atoms with Gasteiger partial charge in [0.15, 0.2) is 11.5 Å². The van der Waals surface area contributed by atoms with Gasteiger partial charge >= 0.3 is 0 Å². The summed E-state index contributed by atoms with van der Waals surface area (Å²) in [4.78, 5) is 38.8. The van der Waals surface area contributed by atoms with Crippen molar-refractivity contribution >= 4 is 38.6 Å². The van der Waals surface area contributed by atoms with E-state index in [1.165, 1.54) is 19.2 Å². The summed E-state index contributed by atoms with van der Waals surface area (Å²) in [6, 6.07) is 9.71. The lowest BCUT2D eigenvalue weighted by molar-refractivity contribution is -0.129. The molecule has 2 heterocycles. The van der Waals surface area contributed by atoms with Gasteiger partial charge < -0.3 is 19.8 Å². The number of methoxy groups -OCH3 is 1. The molecule has 0 bridgehead atoms. The number of hydrogen-bond acceptors (Lipinski definition) is 7. The summed E-state index contributed by atoms with van der Waals surface area (Å²) in [6.07, 6.45) is 0.760. The molecule has 0 radical (unpaired) electrons. The van der Waals surface area contributed by atoms with Crippen LogP contribution in [0.15, 0.2) is 57.8 Å². The molecule has 1 aromatic heterocycles. The molecule has 0 unspecified atom stereocenters. The molecule has 0 spiro atoms. The van der Waals surface area contributed by atoms with E-state index in [1.807, 2.05) is 13.8 Å². The zero-order valence-electron chi connectivity index (χ0n) is 22.5. The Balaban J connectivity index is 1.45. The van der Waals surface area contributed by atoms with Gasteiger partial charge in [-0.25, -0.2) is 12.8 Å². The van der Waals surface area contributed by atoms with Crippen LogP contribution in [0.2, 0.25) is 0 Å². The molecular weight excluding hydrogens is 541 g/mol. The van der Waals surface area contributed by atoms with Crippen LogP contribution in [0, 0.1) is 11.7 Å². The Bertz CT molecular complexity index is 1520. The minimum Gasteiger partial charge on any atom is -0.497 e. The molecule has 0 saturated carbocycles. The number of amides is 2. The smallest absolute Gasteiger partial charge is 0.287 e. The van der Waals surface area contributed by atoms with Crippen molar-refractivity contribution in [1.82, 2.24) is 14.9 Å². The molecule has 3 aromatic rings. The van der Waals surface area contributed by atoms with Crippen LogP contribution in [0.25, 0.3) is 11.0 Å². The van der Waals surface area contributed by atoms with Crippen molar-refractivity contribution in [1.29, 1.82) is 0 Å². The van der Waals surface area contributed by atoms with Gasteiger partial charge in [-0.05, 0) is 61.6 Å². The Labute approximate surface area is 231 Å². The van der Waals surface area contributed by atoms with Crippen molar-refractivity contribution in [3.63, 3.8) is 0 Å². The summed E-state index contributed by atoms with van der Waals surface area (Å²) in [7, 11) is -2.72. The Hall–Kier alpha value is -3.77. The average molecular weight is 574 g/mol. The van der Waals surface area contributed by atoms with Crippen LogP contribution in [0.4, 0.5) is 4.39 Å². The number of ether oxygens (including phenoxy) is 1. The summed E-state index contributed by atoms with van der Waals surface area (Å²) in [6.45, 7) is 3.27. The minimum absolute atomic E-state index is 0.00221. The summed E-state index contributed by atoms with van der Waals surface area (Å²) in [5, 5.41) is 6.05. The third-order valence-corrected chi connectivity index (χ3v) is 8.55. The summed E-state index contributed by atoms with van der Waals surface area (Å²) in [5.74, 6) is -1.93. The molecule has 1 fully saturated rings. The van der Waals surface area contributed by atoms with E-state index >= 15 is 0 Å². The fourth-order valence-corrected chi connectivity index (χ4v) is 6.12. The SMILES string of the molecule is COc1ccc2oc(C(=O)N[C@@H](CC(C)C)C(=O)N[C@H]3CCCN(S(=O)(=O)c4ccccc4F)CC3=O)cc2c1. The fourth-order valence-electron chi connectivity index (χ4n) is 4.61. The minimum atomic E-state index is -4.25. The number of nitrogens with zero attached hydrogens (tertiary/aromatic N) is 1. The van der Waals surface area contributed by atoms with Crippen LogP contribution in [-0.2, 0) is 19.6 Å². The summed E-state index contributed by atoms with van der Waals surface area (Å²) < 4.78 is 52.0. The van der Waals surface area contributed by atoms with Gasteiger partial charge in [0.05, 0.1) is 19.7 Å². The molecule has 1 aliphatic rings. The molecule has 1 aliphatic heterocycles. The zero-order valence-corrected chi connectivity index (χ0v) is 23.3. The van der Waals surface area contributed by atoms with Crippen LogP contribution in [0.1, 0.15) is 43.7 Å². The number of rotatable bonds is 9. The van der Waals surface area contributed by atoms with Gasteiger partial charge in [0, 0.05) is 11.9 Å². The number of hydrogen-bond donors (Lipinski definition) is 2. The molecule has 214 valence electrons. The monoisotopic (exact) mass is 573 g/mol. The van der Waals surface area contributed by atoms with E-state index in [2.05, 4.69) is 10.6 Å². The molecule has 2 amide bonds. The highest BCUT2D eigenvalue weighted by molar-refractivity contribution is 7.89. The summed E-state index contributed by atoms with van der Waals surface area (Å²) in [5.41, 5.74) is 0.481. The first-order valence-electron chi connectivity index (χ1n) is 13.0. The van der Waals surface area contributed by atoms with Crippen LogP contribution in [-0.4, -0.2) is 62.6 Å². The molecule has 2 N–H and O–H groups in total. The highest BCUT2D eigenvalue weighted by Gasteiger charge is 2.35. The second kappa shape index (κ2) is 12.2. The maximum absolute atomic E-state index is 14.2. The first-order valence-corrected chi connectivity index (χ1v) is 14.4. The number of ketones is 1. The van der Waals surface area contributed by atoms with Gasteiger partial charge in [-0.15, -0.1) is 0 Å². The second-order valence-electron chi connectivity index (χ2n) is 10.1. The number of carbonyl (C=O) groups excluding carboxylic acids is 3. The van der Waals surface area contributed by atoms with Crippen molar-refractivity contribution < 1.29 is 36.3 Å². The lowest BCUT2D eigenvalue weighted by Crippen LogP contribution is -2.52. The van der Waals surface area contributed by atoms with Crippen molar-refractivity contribution in [2.24, 2.45) is 5.92 Å². The third kappa shape index (κ3) is 6.50. The predicted octanol–water partition coefficient (Wildman–Crippen LogP) is 3.26. The van der Waals surface area contributed by atoms with E-state index in [4.69, 9.17) is 9.15 Å². The van der Waals surface area contributed by atoms with Crippen molar-refractivity contribution in [2.75, 3.05) is 20.2 Å². The van der Waals surface area contributed by atoms with Crippen LogP contribution >= 0.6 is 0 Å². The molecule has 4 rings (SSSR count). The quantitative estimate of drug-likeness (QED) is 0.401. The number of benzene rings is 2. The number of halogens is 1. The number of furan rings is 1. The van der Waals surface area contributed by atoms with Gasteiger partial charge in [0.2, 0.25) is 15.9 Å². The van der Waals surface area contributed by atoms with Crippen LogP contribution in [0.5, 0.6) is 5.75 Å². The van der Waals surface area contributed by atoms with E-state index in [0.29, 0.717) is 23.1 Å². The van der Waals surface area contributed by atoms with Gasteiger partial charge in [0.1, 0.15) is 28.1 Å². The standard InChI is InChI=1S/C28H32FN3O7S/c1-17(2)13-22(31-28(35)25-15-18-14-19(38-3)10-11-24(18)39-25)27(34)30-21-8-6-12-32(16-23(21)33)40(36,37)26-9-5-4-7-20(26)29/h4-5,7,9-11,14-15,17,21-22H,6,8,12-13,16H2,1-3H3,(H,30,34)(H,31,35)/t21-,22-/m0/s1. The topological polar surface area (TPSA) is 135 Å². The fraction of sp³-hybridized carbons (Fsp3) is 0.393. The van der Waals surface area contributed by atoms with Crippen molar-refractivity contribution in [3.05, 3.63) is 60.1 Å². The molecule has 40 heavy (non-hydrogen) atoms. The first-order chi connectivity index (χ1) is 19.0. The summed E-state index contributed by atoms with van der Waals surface area (Å²) >= 11 is 0. The number of Topliss-reactive ketones (excluding diaryl/α,β-unsaturated/α-hetero) is 1. The third-order valence-electron chi connectivity index (χ3n) is 6.67. The van der Waals surface area contributed by atoms with Crippen molar-refractivity contribution in [3.8, 4) is 5.75 Å². The van der Waals surface area contributed by atoms with Gasteiger partial charge in [-0.3, -0.25) is 14.4 Å². The number of carbonyl (C=O) groups is 3. The maximum atomic E-state index is 14.2. The number of sulfonamides is 1. The lowest BCUT2D eigenvalue weighted by atomic mass is 10.0. The molecular formula is C28H32FN3O7S. The zero-order chi connectivity index (χ0) is 29.0. The number of fused-ring (bicyclic) bond motifs is 1. The van der Waals surface area contributed by atoms with Crippen molar-refractivity contribution in [2.45, 2.75) is 50.1 Å². The van der Waals surface area contributed by atoms with E-state index in [-0.39, 0.29) is 31.1 Å². The van der Waals surface area contributed by atoms with Crippen LogP contribution in [0.3, 0.4) is 0 Å². The second-order valence-corrected chi connectivity index (χ2v) is 12.0. The molecule has 10 nitrogen and oxygen atoms in total. The average Bonchev–Trinajstić information content (AvgIpc) is 3.25. The van der Waals surface area contributed by atoms with Gasteiger partial charge in [-0.1, -0.05) is 26.0 Å². The first kappa shape index (κ1) is 29.2. The highest BCUT2D eigenvalue weighted by Crippen LogP contribution is 2.25. The molecule has 12 heteroatoms. The van der Waals surface area contributed by atoms with Gasteiger partial charge in [-0.2, -0.15) is 4.31 Å². The van der Waals surface area contributed by atoms with E-state index in [9.17, 15) is 27.2 Å². The van der Waals surface area contributed by atoms with E-state index in [1.54, 1.807) is 24.3 Å².